The SMILES string of the molecule is Clc1ccc(Oc2ccc(CBr)c(Br)c2)c2ccccc12. The van der Waals surface area contributed by atoms with Crippen molar-refractivity contribution >= 4 is 54.2 Å². The molecule has 0 aliphatic heterocycles. The van der Waals surface area contributed by atoms with E-state index in [-0.39, 0.29) is 0 Å². The first kappa shape index (κ1) is 14.9. The maximum atomic E-state index is 6.23. The topological polar surface area (TPSA) is 9.23 Å². The van der Waals surface area contributed by atoms with E-state index in [9.17, 15) is 0 Å². The van der Waals surface area contributed by atoms with Gasteiger partial charge in [0.25, 0.3) is 0 Å². The maximum Gasteiger partial charge on any atom is 0.135 e. The average molecular weight is 427 g/mol. The minimum absolute atomic E-state index is 0.730. The van der Waals surface area contributed by atoms with Crippen LogP contribution in [-0.2, 0) is 5.33 Å². The second-order valence-electron chi connectivity index (χ2n) is 4.58. The summed E-state index contributed by atoms with van der Waals surface area (Å²) in [5.74, 6) is 1.59. The first-order chi connectivity index (χ1) is 10.2. The van der Waals surface area contributed by atoms with Gasteiger partial charge in [0.2, 0.25) is 0 Å². The Hall–Kier alpha value is -1.03. The molecule has 0 saturated heterocycles. The summed E-state index contributed by atoms with van der Waals surface area (Å²) in [6.07, 6.45) is 0. The molecule has 21 heavy (non-hydrogen) atoms. The fraction of sp³-hybridized carbons (Fsp3) is 0.0588. The van der Waals surface area contributed by atoms with Gasteiger partial charge in [-0.15, -0.1) is 0 Å². The predicted octanol–water partition coefficient (Wildman–Crippen LogP) is 6.94. The van der Waals surface area contributed by atoms with E-state index in [0.29, 0.717) is 0 Å². The van der Waals surface area contributed by atoms with Crippen LogP contribution >= 0.6 is 43.5 Å². The third kappa shape index (κ3) is 3.10. The summed E-state index contributed by atoms with van der Waals surface area (Å²) in [6, 6.07) is 17.7. The Morgan fingerprint density at radius 1 is 0.952 bits per heavy atom. The van der Waals surface area contributed by atoms with Crippen molar-refractivity contribution < 1.29 is 4.74 Å². The Labute approximate surface area is 145 Å². The van der Waals surface area contributed by atoms with Crippen molar-refractivity contribution in [2.24, 2.45) is 0 Å². The van der Waals surface area contributed by atoms with Crippen LogP contribution in [0.5, 0.6) is 11.5 Å². The fourth-order valence-electron chi connectivity index (χ4n) is 2.15. The monoisotopic (exact) mass is 424 g/mol. The van der Waals surface area contributed by atoms with Gasteiger partial charge in [0.1, 0.15) is 11.5 Å². The summed E-state index contributed by atoms with van der Waals surface area (Å²) in [4.78, 5) is 0. The highest BCUT2D eigenvalue weighted by Crippen LogP contribution is 2.35. The molecular formula is C17H11Br2ClO. The zero-order valence-electron chi connectivity index (χ0n) is 10.9. The van der Waals surface area contributed by atoms with Gasteiger partial charge in [0.05, 0.1) is 0 Å². The van der Waals surface area contributed by atoms with E-state index in [1.165, 1.54) is 5.56 Å². The molecule has 3 rings (SSSR count). The van der Waals surface area contributed by atoms with Crippen molar-refractivity contribution in [3.8, 4) is 11.5 Å². The third-order valence-corrected chi connectivity index (χ3v) is 4.90. The largest absolute Gasteiger partial charge is 0.457 e. The van der Waals surface area contributed by atoms with Gasteiger partial charge in [-0.1, -0.05) is 73.8 Å². The third-order valence-electron chi connectivity index (χ3n) is 3.23. The second kappa shape index (κ2) is 6.39. The van der Waals surface area contributed by atoms with E-state index in [0.717, 1.165) is 37.1 Å². The van der Waals surface area contributed by atoms with Crippen molar-refractivity contribution in [2.75, 3.05) is 0 Å². The molecule has 0 unspecified atom stereocenters. The molecule has 0 atom stereocenters. The zero-order chi connectivity index (χ0) is 14.8. The molecule has 0 fully saturated rings. The molecule has 3 aromatic rings. The van der Waals surface area contributed by atoms with Crippen LogP contribution in [0.3, 0.4) is 0 Å². The van der Waals surface area contributed by atoms with Crippen molar-refractivity contribution in [3.63, 3.8) is 0 Å². The van der Waals surface area contributed by atoms with Gasteiger partial charge in [-0.25, -0.2) is 0 Å². The minimum Gasteiger partial charge on any atom is -0.457 e. The van der Waals surface area contributed by atoms with Gasteiger partial charge in [-0.05, 0) is 29.8 Å². The van der Waals surface area contributed by atoms with E-state index in [1.54, 1.807) is 0 Å². The summed E-state index contributed by atoms with van der Waals surface area (Å²) in [5.41, 5.74) is 1.18. The second-order valence-corrected chi connectivity index (χ2v) is 6.40. The molecule has 0 heterocycles. The van der Waals surface area contributed by atoms with E-state index in [2.05, 4.69) is 31.9 Å². The zero-order valence-corrected chi connectivity index (χ0v) is 14.9. The van der Waals surface area contributed by atoms with Crippen molar-refractivity contribution in [2.45, 2.75) is 5.33 Å². The lowest BCUT2D eigenvalue weighted by atomic mass is 10.1. The number of benzene rings is 3. The first-order valence-corrected chi connectivity index (χ1v) is 8.68. The molecule has 0 saturated carbocycles. The molecule has 0 aromatic heterocycles. The van der Waals surface area contributed by atoms with Crippen LogP contribution in [0.1, 0.15) is 5.56 Å². The lowest BCUT2D eigenvalue weighted by molar-refractivity contribution is 0.488. The van der Waals surface area contributed by atoms with E-state index in [1.807, 2.05) is 54.6 Å². The van der Waals surface area contributed by atoms with Crippen LogP contribution in [-0.4, -0.2) is 0 Å². The molecule has 106 valence electrons. The summed E-state index contributed by atoms with van der Waals surface area (Å²) in [7, 11) is 0. The van der Waals surface area contributed by atoms with E-state index >= 15 is 0 Å². The normalized spacial score (nSPS) is 10.8. The van der Waals surface area contributed by atoms with Gasteiger partial charge in [-0.2, -0.15) is 0 Å². The maximum absolute atomic E-state index is 6.23. The van der Waals surface area contributed by atoms with Crippen LogP contribution in [0.15, 0.2) is 59.1 Å². The number of fused-ring (bicyclic) bond motifs is 1. The van der Waals surface area contributed by atoms with Crippen LogP contribution in [0.4, 0.5) is 0 Å². The predicted molar refractivity (Wildman–Crippen MR) is 95.8 cm³/mol. The summed E-state index contributed by atoms with van der Waals surface area (Å²) >= 11 is 13.2. The Bertz CT molecular complexity index is 802. The molecule has 0 N–H and O–H groups in total. The standard InChI is InChI=1S/C17H11Br2ClO/c18-10-11-5-6-12(9-15(11)19)21-17-8-7-16(20)13-3-1-2-4-14(13)17/h1-9H,10H2. The summed E-state index contributed by atoms with van der Waals surface area (Å²) < 4.78 is 7.05. The number of hydrogen-bond donors (Lipinski definition) is 0. The Balaban J connectivity index is 2.02. The molecule has 0 aliphatic carbocycles. The molecular weight excluding hydrogens is 415 g/mol. The van der Waals surface area contributed by atoms with E-state index in [4.69, 9.17) is 16.3 Å². The number of hydrogen-bond acceptors (Lipinski definition) is 1. The molecule has 1 nitrogen and oxygen atoms in total. The summed E-state index contributed by atoms with van der Waals surface area (Å²) in [6.45, 7) is 0. The quantitative estimate of drug-likeness (QED) is 0.412. The van der Waals surface area contributed by atoms with Crippen LogP contribution < -0.4 is 4.74 Å². The van der Waals surface area contributed by atoms with Crippen LogP contribution in [0, 0.1) is 0 Å². The minimum atomic E-state index is 0.730. The molecule has 0 bridgehead atoms. The highest BCUT2D eigenvalue weighted by atomic mass is 79.9. The Morgan fingerprint density at radius 2 is 1.71 bits per heavy atom. The van der Waals surface area contributed by atoms with Crippen LogP contribution in [0.25, 0.3) is 10.8 Å². The molecule has 0 amide bonds. The number of alkyl halides is 1. The van der Waals surface area contributed by atoms with Gasteiger partial charge < -0.3 is 4.74 Å². The number of halogens is 3. The molecule has 0 aliphatic rings. The molecule has 3 aromatic carbocycles. The highest BCUT2D eigenvalue weighted by Gasteiger charge is 2.07. The van der Waals surface area contributed by atoms with Crippen molar-refractivity contribution in [3.05, 3.63) is 69.7 Å². The Morgan fingerprint density at radius 3 is 2.43 bits per heavy atom. The number of ether oxygens (including phenoxy) is 1. The fourth-order valence-corrected chi connectivity index (χ4v) is 3.74. The lowest BCUT2D eigenvalue weighted by Crippen LogP contribution is -1.88. The van der Waals surface area contributed by atoms with Gasteiger partial charge in [-0.3, -0.25) is 0 Å². The number of rotatable bonds is 3. The smallest absolute Gasteiger partial charge is 0.135 e. The molecule has 0 spiro atoms. The van der Waals surface area contributed by atoms with E-state index < -0.39 is 0 Å². The first-order valence-electron chi connectivity index (χ1n) is 6.38. The lowest BCUT2D eigenvalue weighted by Gasteiger charge is -2.11. The molecule has 4 heteroatoms. The van der Waals surface area contributed by atoms with Gasteiger partial charge >= 0.3 is 0 Å². The van der Waals surface area contributed by atoms with Gasteiger partial charge in [0, 0.05) is 25.6 Å². The summed E-state index contributed by atoms with van der Waals surface area (Å²) in [5, 5.41) is 3.53. The Kier molecular flexibility index (Phi) is 4.53. The average Bonchev–Trinajstić information content (AvgIpc) is 2.51. The molecule has 0 radical (unpaired) electrons. The van der Waals surface area contributed by atoms with Crippen molar-refractivity contribution in [1.82, 2.24) is 0 Å². The van der Waals surface area contributed by atoms with Crippen LogP contribution in [0.2, 0.25) is 5.02 Å². The van der Waals surface area contributed by atoms with Crippen molar-refractivity contribution in [1.29, 1.82) is 0 Å². The van der Waals surface area contributed by atoms with Gasteiger partial charge in [0.15, 0.2) is 0 Å². The highest BCUT2D eigenvalue weighted by molar-refractivity contribution is 9.10.